The van der Waals surface area contributed by atoms with Crippen molar-refractivity contribution in [2.24, 2.45) is 0 Å². The van der Waals surface area contributed by atoms with Crippen molar-refractivity contribution >= 4 is 10.0 Å². The van der Waals surface area contributed by atoms with Crippen molar-refractivity contribution in [1.29, 1.82) is 0 Å². The molecule has 1 aromatic rings. The lowest BCUT2D eigenvalue weighted by atomic mass is 10.1. The molecule has 0 bridgehead atoms. The molecular weight excluding hydrogens is 258 g/mol. The Morgan fingerprint density at radius 3 is 1.94 bits per heavy atom. The molecule has 0 fully saturated rings. The normalized spacial score (nSPS) is 12.6. The quantitative estimate of drug-likeness (QED) is 0.501. The summed E-state index contributed by atoms with van der Waals surface area (Å²) in [5.74, 6) is -0.282. The van der Waals surface area contributed by atoms with Crippen LogP contribution in [-0.4, -0.2) is 49.1 Å². The third-order valence-electron chi connectivity index (χ3n) is 2.48. The summed E-state index contributed by atoms with van der Waals surface area (Å²) in [6.45, 7) is -2.06. The number of hydrogen-bond acceptors (Lipinski definition) is 5. The zero-order valence-corrected chi connectivity index (χ0v) is 10.6. The molecule has 0 aliphatic carbocycles. The van der Waals surface area contributed by atoms with Crippen LogP contribution in [0, 0.1) is 0 Å². The number of hydrogen-bond donors (Lipinski definition) is 4. The van der Waals surface area contributed by atoms with E-state index in [0.29, 0.717) is 5.56 Å². The number of aliphatic hydroxyl groups is 3. The molecule has 0 saturated heterocycles. The molecule has 0 aliphatic heterocycles. The third-order valence-corrected chi connectivity index (χ3v) is 3.94. The molecule has 4 N–H and O–H groups in total. The molecular formula is C11H17NO5S. The molecule has 102 valence electrons. The topological polar surface area (TPSA) is 107 Å². The predicted molar refractivity (Wildman–Crippen MR) is 66.2 cm³/mol. The van der Waals surface area contributed by atoms with Crippen molar-refractivity contribution in [1.82, 2.24) is 4.72 Å². The molecule has 18 heavy (non-hydrogen) atoms. The minimum atomic E-state index is -3.76. The lowest BCUT2D eigenvalue weighted by molar-refractivity contribution is 0.0581. The van der Waals surface area contributed by atoms with Gasteiger partial charge in [-0.05, 0) is 5.56 Å². The molecule has 0 unspecified atom stereocenters. The first-order valence-corrected chi connectivity index (χ1v) is 7.00. The smallest absolute Gasteiger partial charge is 0.216 e. The monoisotopic (exact) mass is 275 g/mol. The molecule has 6 nitrogen and oxygen atoms in total. The fourth-order valence-electron chi connectivity index (χ4n) is 1.41. The van der Waals surface area contributed by atoms with Gasteiger partial charge in [-0.2, -0.15) is 0 Å². The van der Waals surface area contributed by atoms with E-state index in [9.17, 15) is 8.42 Å². The highest BCUT2D eigenvalue weighted by Crippen LogP contribution is 2.09. The number of nitrogens with one attached hydrogen (secondary N) is 1. The van der Waals surface area contributed by atoms with E-state index in [1.807, 2.05) is 0 Å². The Bertz CT molecular complexity index is 447. The second-order valence-corrected chi connectivity index (χ2v) is 5.82. The van der Waals surface area contributed by atoms with Gasteiger partial charge in [0.25, 0.3) is 0 Å². The average Bonchev–Trinajstić information content (AvgIpc) is 2.37. The zero-order valence-electron chi connectivity index (χ0n) is 9.78. The Morgan fingerprint density at radius 1 is 1.00 bits per heavy atom. The highest BCUT2D eigenvalue weighted by molar-refractivity contribution is 7.88. The Morgan fingerprint density at radius 2 is 1.50 bits per heavy atom. The van der Waals surface area contributed by atoms with Gasteiger partial charge in [0.15, 0.2) is 0 Å². The van der Waals surface area contributed by atoms with Crippen LogP contribution in [0.5, 0.6) is 0 Å². The van der Waals surface area contributed by atoms with E-state index in [4.69, 9.17) is 15.3 Å². The van der Waals surface area contributed by atoms with Gasteiger partial charge in [0.1, 0.15) is 5.54 Å². The summed E-state index contributed by atoms with van der Waals surface area (Å²) in [4.78, 5) is 0. The minimum Gasteiger partial charge on any atom is -0.394 e. The summed E-state index contributed by atoms with van der Waals surface area (Å²) in [7, 11) is -3.76. The van der Waals surface area contributed by atoms with E-state index in [2.05, 4.69) is 4.72 Å². The fraction of sp³-hybridized carbons (Fsp3) is 0.455. The molecule has 7 heteroatoms. The van der Waals surface area contributed by atoms with Gasteiger partial charge in [0, 0.05) is 0 Å². The fourth-order valence-corrected chi connectivity index (χ4v) is 2.96. The number of rotatable bonds is 7. The Kier molecular flexibility index (Phi) is 5.24. The van der Waals surface area contributed by atoms with E-state index < -0.39 is 35.4 Å². The van der Waals surface area contributed by atoms with E-state index in [0.717, 1.165) is 0 Å². The predicted octanol–water partition coefficient (Wildman–Crippen LogP) is -1.18. The third kappa shape index (κ3) is 4.04. The molecule has 0 radical (unpaired) electrons. The SMILES string of the molecule is O=S(=O)(Cc1ccccc1)NC(CO)(CO)CO. The maximum absolute atomic E-state index is 11.8. The molecule has 0 aromatic heterocycles. The van der Waals surface area contributed by atoms with Gasteiger partial charge in [0.2, 0.25) is 10.0 Å². The van der Waals surface area contributed by atoms with Crippen LogP contribution < -0.4 is 4.72 Å². The first-order chi connectivity index (χ1) is 8.47. The Labute approximate surface area is 106 Å². The van der Waals surface area contributed by atoms with Gasteiger partial charge in [-0.1, -0.05) is 30.3 Å². The van der Waals surface area contributed by atoms with E-state index in [1.54, 1.807) is 30.3 Å². The zero-order chi connectivity index (χ0) is 13.6. The molecule has 0 spiro atoms. The Balaban J connectivity index is 2.82. The number of benzene rings is 1. The molecule has 0 atom stereocenters. The summed E-state index contributed by atoms with van der Waals surface area (Å²) in [5, 5.41) is 27.2. The molecule has 0 heterocycles. The first kappa shape index (κ1) is 15.1. The second kappa shape index (κ2) is 6.26. The maximum Gasteiger partial charge on any atom is 0.216 e. The highest BCUT2D eigenvalue weighted by Gasteiger charge is 2.33. The van der Waals surface area contributed by atoms with Gasteiger partial charge < -0.3 is 15.3 Å². The molecule has 1 rings (SSSR count). The lowest BCUT2D eigenvalue weighted by Gasteiger charge is -2.28. The summed E-state index contributed by atoms with van der Waals surface area (Å²) in [6.07, 6.45) is 0. The van der Waals surface area contributed by atoms with Crippen molar-refractivity contribution in [2.45, 2.75) is 11.3 Å². The average molecular weight is 275 g/mol. The van der Waals surface area contributed by atoms with Crippen LogP contribution in [0.3, 0.4) is 0 Å². The van der Waals surface area contributed by atoms with Gasteiger partial charge >= 0.3 is 0 Å². The van der Waals surface area contributed by atoms with Crippen LogP contribution >= 0.6 is 0 Å². The van der Waals surface area contributed by atoms with E-state index in [1.165, 1.54) is 0 Å². The molecule has 1 aromatic carbocycles. The van der Waals surface area contributed by atoms with Crippen molar-refractivity contribution in [3.8, 4) is 0 Å². The van der Waals surface area contributed by atoms with Crippen molar-refractivity contribution in [3.63, 3.8) is 0 Å². The summed E-state index contributed by atoms with van der Waals surface area (Å²) < 4.78 is 25.8. The van der Waals surface area contributed by atoms with Crippen LogP contribution in [-0.2, 0) is 15.8 Å². The number of sulfonamides is 1. The van der Waals surface area contributed by atoms with Gasteiger partial charge in [0.05, 0.1) is 25.6 Å². The maximum atomic E-state index is 11.8. The van der Waals surface area contributed by atoms with Crippen LogP contribution in [0.15, 0.2) is 30.3 Å². The second-order valence-electron chi connectivity index (χ2n) is 4.10. The van der Waals surface area contributed by atoms with Gasteiger partial charge in [-0.3, -0.25) is 0 Å². The standard InChI is InChI=1S/C11H17NO5S/c13-7-11(8-14,9-15)12-18(16,17)6-10-4-2-1-3-5-10/h1-5,12-15H,6-9H2. The van der Waals surface area contributed by atoms with Crippen molar-refractivity contribution < 1.29 is 23.7 Å². The van der Waals surface area contributed by atoms with Crippen molar-refractivity contribution in [3.05, 3.63) is 35.9 Å². The van der Waals surface area contributed by atoms with E-state index in [-0.39, 0.29) is 5.75 Å². The van der Waals surface area contributed by atoms with Gasteiger partial charge in [-0.15, -0.1) is 0 Å². The molecule has 0 aliphatic rings. The summed E-state index contributed by atoms with van der Waals surface area (Å²) in [6, 6.07) is 8.49. The van der Waals surface area contributed by atoms with Crippen LogP contribution in [0.2, 0.25) is 0 Å². The summed E-state index contributed by atoms with van der Waals surface area (Å²) in [5.41, 5.74) is -1.05. The van der Waals surface area contributed by atoms with Crippen LogP contribution in [0.1, 0.15) is 5.56 Å². The van der Waals surface area contributed by atoms with Crippen LogP contribution in [0.4, 0.5) is 0 Å². The lowest BCUT2D eigenvalue weighted by Crippen LogP contribution is -2.57. The van der Waals surface area contributed by atoms with E-state index >= 15 is 0 Å². The van der Waals surface area contributed by atoms with Crippen LogP contribution in [0.25, 0.3) is 0 Å². The molecule has 0 saturated carbocycles. The van der Waals surface area contributed by atoms with Crippen molar-refractivity contribution in [2.75, 3.05) is 19.8 Å². The van der Waals surface area contributed by atoms with Gasteiger partial charge in [-0.25, -0.2) is 13.1 Å². The largest absolute Gasteiger partial charge is 0.394 e. The highest BCUT2D eigenvalue weighted by atomic mass is 32.2. The number of aliphatic hydroxyl groups excluding tert-OH is 3. The summed E-state index contributed by atoms with van der Waals surface area (Å²) >= 11 is 0. The molecule has 0 amide bonds. The first-order valence-electron chi connectivity index (χ1n) is 5.35. The minimum absolute atomic E-state index is 0.282. The Hall–Kier alpha value is -0.990.